The van der Waals surface area contributed by atoms with Crippen LogP contribution in [0.5, 0.6) is 0 Å². The molecular weight excluding hydrogens is 362 g/mol. The van der Waals surface area contributed by atoms with E-state index in [0.29, 0.717) is 17.2 Å². The van der Waals surface area contributed by atoms with Crippen LogP contribution >= 0.6 is 0 Å². The molecule has 1 aliphatic heterocycles. The van der Waals surface area contributed by atoms with Crippen molar-refractivity contribution in [1.82, 2.24) is 4.98 Å². The van der Waals surface area contributed by atoms with Gasteiger partial charge in [-0.25, -0.2) is 18.4 Å². The number of anilines is 2. The van der Waals surface area contributed by atoms with Gasteiger partial charge in [-0.15, -0.1) is 0 Å². The fourth-order valence-corrected chi connectivity index (χ4v) is 3.26. The Bertz CT molecular complexity index is 1060. The molecule has 0 saturated heterocycles. The smallest absolute Gasteiger partial charge is 0.175 e. The lowest BCUT2D eigenvalue weighted by Crippen LogP contribution is -2.09. The van der Waals surface area contributed by atoms with Gasteiger partial charge < -0.3 is 10.6 Å². The summed E-state index contributed by atoms with van der Waals surface area (Å²) >= 11 is 0. The topological polar surface area (TPSA) is 107 Å². The van der Waals surface area contributed by atoms with Crippen molar-refractivity contribution < 1.29 is 8.42 Å². The lowest BCUT2D eigenvalue weighted by Gasteiger charge is -2.09. The average Bonchev–Trinajstić information content (AvgIpc) is 3.08. The van der Waals surface area contributed by atoms with E-state index in [1.165, 1.54) is 6.26 Å². The van der Waals surface area contributed by atoms with Gasteiger partial charge >= 0.3 is 0 Å². The van der Waals surface area contributed by atoms with Gasteiger partial charge in [-0.3, -0.25) is 5.41 Å². The van der Waals surface area contributed by atoms with Crippen LogP contribution in [0.3, 0.4) is 0 Å². The summed E-state index contributed by atoms with van der Waals surface area (Å²) in [6, 6.07) is 10.3. The summed E-state index contributed by atoms with van der Waals surface area (Å²) in [4.78, 5) is 8.25. The number of aromatic nitrogens is 1. The molecule has 3 N–H and O–H groups in total. The van der Waals surface area contributed by atoms with E-state index in [0.717, 1.165) is 16.8 Å². The Labute approximate surface area is 158 Å². The molecule has 1 aromatic heterocycles. The first kappa shape index (κ1) is 18.5. The second-order valence-corrected chi connectivity index (χ2v) is 8.08. The zero-order chi connectivity index (χ0) is 19.6. The highest BCUT2D eigenvalue weighted by Gasteiger charge is 2.19. The summed E-state index contributed by atoms with van der Waals surface area (Å²) in [7, 11) is -3.24. The Morgan fingerprint density at radius 3 is 2.52 bits per heavy atom. The maximum absolute atomic E-state index is 11.6. The van der Waals surface area contributed by atoms with Crippen molar-refractivity contribution in [1.29, 1.82) is 5.41 Å². The Balaban J connectivity index is 1.99. The van der Waals surface area contributed by atoms with Gasteiger partial charge in [0.2, 0.25) is 0 Å². The molecule has 2 heterocycles. The Kier molecular flexibility index (Phi) is 4.91. The molecule has 0 aliphatic carbocycles. The molecule has 27 heavy (non-hydrogen) atoms. The van der Waals surface area contributed by atoms with Crippen molar-refractivity contribution in [2.45, 2.75) is 11.8 Å². The van der Waals surface area contributed by atoms with Crippen LogP contribution in [0.4, 0.5) is 11.5 Å². The number of aliphatic imine (C=N–C) groups is 1. The molecule has 0 fully saturated rings. The fourth-order valence-electron chi connectivity index (χ4n) is 2.63. The molecule has 8 heteroatoms. The largest absolute Gasteiger partial charge is 0.338 e. The second kappa shape index (κ2) is 7.16. The van der Waals surface area contributed by atoms with Gasteiger partial charge in [-0.1, -0.05) is 12.1 Å². The van der Waals surface area contributed by atoms with Gasteiger partial charge in [0, 0.05) is 12.5 Å². The predicted octanol–water partition coefficient (Wildman–Crippen LogP) is 3.32. The molecule has 0 radical (unpaired) electrons. The van der Waals surface area contributed by atoms with Crippen molar-refractivity contribution in [3.8, 4) is 0 Å². The Morgan fingerprint density at radius 1 is 1.22 bits per heavy atom. The van der Waals surface area contributed by atoms with Gasteiger partial charge in [-0.05, 0) is 55.1 Å². The summed E-state index contributed by atoms with van der Waals surface area (Å²) in [6.45, 7) is 5.33. The lowest BCUT2D eigenvalue weighted by atomic mass is 10.0. The van der Waals surface area contributed by atoms with E-state index >= 15 is 0 Å². The first-order valence-electron chi connectivity index (χ1n) is 8.07. The summed E-state index contributed by atoms with van der Waals surface area (Å²) in [5.74, 6) is 1.27. The number of rotatable bonds is 4. The number of benzene rings is 1. The molecule has 0 saturated carbocycles. The van der Waals surface area contributed by atoms with Gasteiger partial charge in [0.05, 0.1) is 16.2 Å². The Hall–Kier alpha value is -3.26. The number of sulfone groups is 1. The van der Waals surface area contributed by atoms with Gasteiger partial charge in [-0.2, -0.15) is 0 Å². The summed E-state index contributed by atoms with van der Waals surface area (Å²) < 4.78 is 23.2. The van der Waals surface area contributed by atoms with Crippen LogP contribution in [-0.2, 0) is 9.84 Å². The predicted molar refractivity (Wildman–Crippen MR) is 109 cm³/mol. The molecule has 0 atom stereocenters. The molecule has 1 aliphatic rings. The summed E-state index contributed by atoms with van der Waals surface area (Å²) in [5, 5.41) is 14.5. The molecule has 7 nitrogen and oxygen atoms in total. The molecule has 0 bridgehead atoms. The van der Waals surface area contributed by atoms with E-state index in [1.54, 1.807) is 36.5 Å². The number of hydrogen-bond donors (Lipinski definition) is 3. The molecule has 0 amide bonds. The molecule has 138 valence electrons. The van der Waals surface area contributed by atoms with Gasteiger partial charge in [0.1, 0.15) is 5.82 Å². The number of amidine groups is 1. The zero-order valence-corrected chi connectivity index (χ0v) is 15.8. The monoisotopic (exact) mass is 381 g/mol. The third-order valence-electron chi connectivity index (χ3n) is 4.09. The van der Waals surface area contributed by atoms with Crippen LogP contribution < -0.4 is 10.6 Å². The van der Waals surface area contributed by atoms with Crippen molar-refractivity contribution in [2.24, 2.45) is 4.99 Å². The van der Waals surface area contributed by atoms with Crippen molar-refractivity contribution in [3.05, 3.63) is 65.6 Å². The van der Waals surface area contributed by atoms with Crippen molar-refractivity contribution in [3.63, 3.8) is 0 Å². The minimum Gasteiger partial charge on any atom is -0.338 e. The first-order chi connectivity index (χ1) is 12.8. The molecule has 3 rings (SSSR count). The number of nitrogens with one attached hydrogen (secondary N) is 3. The summed E-state index contributed by atoms with van der Waals surface area (Å²) in [6.07, 6.45) is 4.65. The zero-order valence-electron chi connectivity index (χ0n) is 14.9. The SMILES string of the molecule is C=NC(=N)C(/C=C(\C)c1ccc(S(C)(=O)=O)cc1)=C1Nc2cccnc2N1. The highest BCUT2D eigenvalue weighted by Crippen LogP contribution is 2.30. The normalized spacial score (nSPS) is 15.4. The minimum atomic E-state index is -3.24. The van der Waals surface area contributed by atoms with E-state index in [4.69, 9.17) is 5.41 Å². The van der Waals surface area contributed by atoms with Gasteiger partial charge in [0.25, 0.3) is 0 Å². The number of pyridine rings is 1. The third kappa shape index (κ3) is 3.95. The van der Waals surface area contributed by atoms with Crippen molar-refractivity contribution >= 4 is 39.5 Å². The van der Waals surface area contributed by atoms with Crippen LogP contribution in [-0.4, -0.2) is 32.2 Å². The van der Waals surface area contributed by atoms with Crippen LogP contribution in [0.15, 0.2) is 70.0 Å². The highest BCUT2D eigenvalue weighted by atomic mass is 32.2. The maximum Gasteiger partial charge on any atom is 0.175 e. The molecule has 0 spiro atoms. The average molecular weight is 381 g/mol. The number of hydrogen-bond acceptors (Lipinski definition) is 6. The maximum atomic E-state index is 11.6. The lowest BCUT2D eigenvalue weighted by molar-refractivity contribution is 0.602. The molecule has 0 unspecified atom stereocenters. The molecule has 1 aromatic carbocycles. The first-order valence-corrected chi connectivity index (χ1v) is 9.96. The van der Waals surface area contributed by atoms with Crippen LogP contribution in [0.25, 0.3) is 5.57 Å². The number of fused-ring (bicyclic) bond motifs is 1. The second-order valence-electron chi connectivity index (χ2n) is 6.07. The molecular formula is C19H19N5O2S. The van der Waals surface area contributed by atoms with E-state index in [9.17, 15) is 8.42 Å². The van der Waals surface area contributed by atoms with E-state index in [2.05, 4.69) is 27.3 Å². The minimum absolute atomic E-state index is 0.00455. The van der Waals surface area contributed by atoms with Crippen LogP contribution in [0.2, 0.25) is 0 Å². The quantitative estimate of drug-likeness (QED) is 0.556. The standard InChI is InChI=1S/C19H19N5O2S/c1-12(13-6-8-14(9-7-13)27(3,25)26)11-15(17(20)21-2)18-23-16-5-4-10-22-19(16)24-18/h4-11,20,23H,2H2,1,3H3,(H,22,24)/b12-11+,18-15?,20-17?. The van der Waals surface area contributed by atoms with E-state index < -0.39 is 9.84 Å². The van der Waals surface area contributed by atoms with E-state index in [-0.39, 0.29) is 10.7 Å². The number of allylic oxidation sites excluding steroid dienone is 1. The summed E-state index contributed by atoms with van der Waals surface area (Å²) in [5.41, 5.74) is 3.02. The fraction of sp³-hybridized carbons (Fsp3) is 0.105. The third-order valence-corrected chi connectivity index (χ3v) is 5.22. The van der Waals surface area contributed by atoms with Gasteiger partial charge in [0.15, 0.2) is 21.5 Å². The Morgan fingerprint density at radius 2 is 1.93 bits per heavy atom. The number of nitrogens with zero attached hydrogens (tertiary/aromatic N) is 2. The van der Waals surface area contributed by atoms with Crippen molar-refractivity contribution in [2.75, 3.05) is 16.9 Å². The van der Waals surface area contributed by atoms with Crippen LogP contribution in [0, 0.1) is 5.41 Å². The van der Waals surface area contributed by atoms with Crippen LogP contribution in [0.1, 0.15) is 12.5 Å². The molecule has 2 aromatic rings. The van der Waals surface area contributed by atoms with E-state index in [1.807, 2.05) is 19.1 Å². The highest BCUT2D eigenvalue weighted by molar-refractivity contribution is 7.90.